The lowest BCUT2D eigenvalue weighted by Crippen LogP contribution is -2.33. The molecule has 37 heavy (non-hydrogen) atoms. The fraction of sp³-hybridized carbons (Fsp3) is 0.458. The van der Waals surface area contributed by atoms with E-state index in [0.717, 1.165) is 18.2 Å². The molecule has 0 unspecified atom stereocenters. The van der Waals surface area contributed by atoms with Crippen molar-refractivity contribution in [2.75, 3.05) is 11.3 Å². The van der Waals surface area contributed by atoms with Crippen molar-refractivity contribution in [3.05, 3.63) is 42.5 Å². The van der Waals surface area contributed by atoms with Gasteiger partial charge in [-0.1, -0.05) is 25.7 Å². The van der Waals surface area contributed by atoms with Crippen LogP contribution in [0.25, 0.3) is 11.0 Å². The number of rotatable bonds is 10. The minimum Gasteiger partial charge on any atom is -0.425 e. The minimum absolute atomic E-state index is 0.0722. The van der Waals surface area contributed by atoms with E-state index < -0.39 is 35.0 Å². The summed E-state index contributed by atoms with van der Waals surface area (Å²) in [5.41, 5.74) is 1.34. The van der Waals surface area contributed by atoms with E-state index in [1.54, 1.807) is 43.5 Å². The molecule has 13 heteroatoms. The van der Waals surface area contributed by atoms with Gasteiger partial charge in [0.15, 0.2) is 0 Å². The first kappa shape index (κ1) is 28.8. The van der Waals surface area contributed by atoms with Gasteiger partial charge in [-0.3, -0.25) is 9.29 Å². The predicted octanol–water partition coefficient (Wildman–Crippen LogP) is 6.58. The van der Waals surface area contributed by atoms with Gasteiger partial charge >= 0.3 is 12.4 Å². The van der Waals surface area contributed by atoms with Crippen LogP contribution in [0, 0.1) is 0 Å². The zero-order valence-corrected chi connectivity index (χ0v) is 23.5. The zero-order chi connectivity index (χ0) is 27.6. The highest BCUT2D eigenvalue weighted by Gasteiger charge is 2.31. The monoisotopic (exact) mass is 559 g/mol. The van der Waals surface area contributed by atoms with Crippen molar-refractivity contribution in [1.82, 2.24) is 9.55 Å². The maximum absolute atomic E-state index is 12.6. The quantitative estimate of drug-likeness (QED) is 0.223. The number of hydrogen-bond donors (Lipinski definition) is 1. The van der Waals surface area contributed by atoms with Crippen LogP contribution in [-0.4, -0.2) is 43.8 Å². The summed E-state index contributed by atoms with van der Waals surface area (Å²) in [6.45, 7) is 12.1. The number of hydrogen-bond acceptors (Lipinski definition) is 6. The molecule has 0 saturated carbocycles. The molecular weight excluding hydrogens is 527 g/mol. The Labute approximate surface area is 215 Å². The Hall–Kier alpha value is -2.77. The second-order valence-corrected chi connectivity index (χ2v) is 18.8. The molecule has 0 fully saturated rings. The first-order valence-corrected chi connectivity index (χ1v) is 16.8. The molecule has 204 valence electrons. The summed E-state index contributed by atoms with van der Waals surface area (Å²) in [7, 11) is -5.00. The van der Waals surface area contributed by atoms with Gasteiger partial charge in [0.1, 0.15) is 18.2 Å². The minimum atomic E-state index is -4.84. The molecular formula is C24H32F3N3O5SSi. The van der Waals surface area contributed by atoms with Crippen LogP contribution in [-0.2, 0) is 21.5 Å². The van der Waals surface area contributed by atoms with Gasteiger partial charge < -0.3 is 14.2 Å². The third kappa shape index (κ3) is 8.10. The van der Waals surface area contributed by atoms with Crippen LogP contribution in [0.3, 0.4) is 0 Å². The van der Waals surface area contributed by atoms with Gasteiger partial charge in [0.05, 0.1) is 21.5 Å². The fourth-order valence-electron chi connectivity index (χ4n) is 3.06. The molecule has 1 N–H and O–H groups in total. The molecule has 1 heterocycles. The Kier molecular flexibility index (Phi) is 8.20. The van der Waals surface area contributed by atoms with Crippen molar-refractivity contribution in [3.8, 4) is 17.5 Å². The summed E-state index contributed by atoms with van der Waals surface area (Å²) in [6, 6.07) is 11.0. The van der Waals surface area contributed by atoms with Crippen LogP contribution in [0.4, 0.5) is 18.9 Å². The van der Waals surface area contributed by atoms with Crippen molar-refractivity contribution in [3.63, 3.8) is 0 Å². The average molecular weight is 560 g/mol. The van der Waals surface area contributed by atoms with E-state index in [9.17, 15) is 21.6 Å². The standard InChI is InChI=1S/C24H32F3N3O5SSi/c1-23(2,3)36(31,32)29-17-10-11-21-20(14-17)28-22(30(21)16-33-12-13-37(4,5)6)34-18-8-7-9-19(15-18)35-24(25,26)27/h7-11,14-15,29H,12-13,16H2,1-6H3. The van der Waals surface area contributed by atoms with E-state index in [0.29, 0.717) is 23.3 Å². The van der Waals surface area contributed by atoms with Gasteiger partial charge in [-0.15, -0.1) is 13.2 Å². The number of sulfonamides is 1. The molecule has 0 aliphatic heterocycles. The summed E-state index contributed by atoms with van der Waals surface area (Å²) in [5, 5.41) is 0. The number of anilines is 1. The summed E-state index contributed by atoms with van der Waals surface area (Å²) < 4.78 is 82.0. The number of nitrogens with one attached hydrogen (secondary N) is 1. The number of nitrogens with zero attached hydrogens (tertiary/aromatic N) is 2. The molecule has 0 aliphatic rings. The number of fused-ring (bicyclic) bond motifs is 1. The van der Waals surface area contributed by atoms with Gasteiger partial charge in [0, 0.05) is 20.7 Å². The third-order valence-electron chi connectivity index (χ3n) is 5.24. The van der Waals surface area contributed by atoms with Crippen molar-refractivity contribution >= 4 is 34.8 Å². The highest BCUT2D eigenvalue weighted by molar-refractivity contribution is 7.94. The molecule has 0 radical (unpaired) electrons. The third-order valence-corrected chi connectivity index (χ3v) is 9.06. The Morgan fingerprint density at radius 1 is 1.03 bits per heavy atom. The smallest absolute Gasteiger partial charge is 0.425 e. The summed E-state index contributed by atoms with van der Waals surface area (Å²) in [5.74, 6) is -0.355. The fourth-order valence-corrected chi connectivity index (χ4v) is 4.56. The van der Waals surface area contributed by atoms with Crippen molar-refractivity contribution in [1.29, 1.82) is 0 Å². The topological polar surface area (TPSA) is 91.7 Å². The molecule has 3 rings (SSSR count). The van der Waals surface area contributed by atoms with Crippen LogP contribution in [0.2, 0.25) is 25.7 Å². The second-order valence-electron chi connectivity index (χ2n) is 10.7. The predicted molar refractivity (Wildman–Crippen MR) is 139 cm³/mol. The highest BCUT2D eigenvalue weighted by atomic mass is 32.2. The number of alkyl halides is 3. The Balaban J connectivity index is 1.94. The molecule has 3 aromatic rings. The number of imidazole rings is 1. The van der Waals surface area contributed by atoms with Gasteiger partial charge in [-0.25, -0.2) is 8.42 Å². The summed E-state index contributed by atoms with van der Waals surface area (Å²) >= 11 is 0. The first-order chi connectivity index (χ1) is 16.9. The molecule has 2 aromatic carbocycles. The number of ether oxygens (including phenoxy) is 3. The Morgan fingerprint density at radius 3 is 2.32 bits per heavy atom. The van der Waals surface area contributed by atoms with E-state index in [1.807, 2.05) is 0 Å². The largest absolute Gasteiger partial charge is 0.573 e. The number of aromatic nitrogens is 2. The van der Waals surface area contributed by atoms with E-state index in [4.69, 9.17) is 9.47 Å². The molecule has 0 saturated heterocycles. The molecule has 0 amide bonds. The Bertz CT molecular complexity index is 1350. The lowest BCUT2D eigenvalue weighted by Gasteiger charge is -2.20. The van der Waals surface area contributed by atoms with Gasteiger partial charge in [0.25, 0.3) is 0 Å². The van der Waals surface area contributed by atoms with Gasteiger partial charge in [-0.05, 0) is 57.1 Å². The van der Waals surface area contributed by atoms with Gasteiger partial charge in [0.2, 0.25) is 10.0 Å². The molecule has 0 aliphatic carbocycles. The summed E-state index contributed by atoms with van der Waals surface area (Å²) in [6.07, 6.45) is -4.84. The normalized spacial score (nSPS) is 13.1. The van der Waals surface area contributed by atoms with Crippen LogP contribution in [0.1, 0.15) is 20.8 Å². The van der Waals surface area contributed by atoms with E-state index in [1.165, 1.54) is 12.1 Å². The SMILES string of the molecule is CC(C)(C)S(=O)(=O)Nc1ccc2c(c1)nc(Oc1cccc(OC(F)(F)F)c1)n2COCC[Si](C)(C)C. The maximum Gasteiger partial charge on any atom is 0.573 e. The molecule has 1 aromatic heterocycles. The van der Waals surface area contributed by atoms with Crippen LogP contribution in [0.15, 0.2) is 42.5 Å². The molecule has 8 nitrogen and oxygen atoms in total. The molecule has 0 spiro atoms. The zero-order valence-electron chi connectivity index (χ0n) is 21.6. The van der Waals surface area contributed by atoms with Gasteiger partial charge in [-0.2, -0.15) is 4.98 Å². The number of benzene rings is 2. The van der Waals surface area contributed by atoms with Crippen molar-refractivity contribution < 1.29 is 35.8 Å². The van der Waals surface area contributed by atoms with Crippen molar-refractivity contribution in [2.45, 2.75) is 64.3 Å². The number of halogens is 3. The first-order valence-electron chi connectivity index (χ1n) is 11.6. The Morgan fingerprint density at radius 2 is 1.70 bits per heavy atom. The summed E-state index contributed by atoms with van der Waals surface area (Å²) in [4.78, 5) is 4.46. The lowest BCUT2D eigenvalue weighted by atomic mass is 10.3. The second kappa shape index (κ2) is 10.5. The maximum atomic E-state index is 12.6. The lowest BCUT2D eigenvalue weighted by molar-refractivity contribution is -0.274. The van der Waals surface area contributed by atoms with Crippen LogP contribution >= 0.6 is 0 Å². The average Bonchev–Trinajstić information content (AvgIpc) is 3.04. The van der Waals surface area contributed by atoms with Crippen molar-refractivity contribution in [2.24, 2.45) is 0 Å². The van der Waals surface area contributed by atoms with E-state index in [-0.39, 0.29) is 18.5 Å². The molecule has 0 atom stereocenters. The van der Waals surface area contributed by atoms with E-state index >= 15 is 0 Å². The highest BCUT2D eigenvalue weighted by Crippen LogP contribution is 2.32. The molecule has 0 bridgehead atoms. The van der Waals surface area contributed by atoms with Crippen LogP contribution in [0.5, 0.6) is 17.5 Å². The van der Waals surface area contributed by atoms with E-state index in [2.05, 4.69) is 34.1 Å². The van der Waals surface area contributed by atoms with Crippen LogP contribution < -0.4 is 14.2 Å².